The van der Waals surface area contributed by atoms with Crippen LogP contribution in [-0.4, -0.2) is 60.4 Å². The van der Waals surface area contributed by atoms with E-state index in [1.54, 1.807) is 19.4 Å². The SMILES string of the molecule is COc1cc(N2CCN(C)CC2)ccc1Nc1nc(Cl)cc2cn[nH]c(=O)c12. The van der Waals surface area contributed by atoms with Gasteiger partial charge in [-0.05, 0) is 25.2 Å². The molecule has 2 N–H and O–H groups in total. The van der Waals surface area contributed by atoms with Gasteiger partial charge in [0.1, 0.15) is 16.7 Å². The molecule has 0 aliphatic carbocycles. The zero-order valence-corrected chi connectivity index (χ0v) is 16.5. The van der Waals surface area contributed by atoms with Crippen LogP contribution >= 0.6 is 11.6 Å². The smallest absolute Gasteiger partial charge is 0.275 e. The molecule has 0 amide bonds. The summed E-state index contributed by atoms with van der Waals surface area (Å²) in [6, 6.07) is 7.56. The molecule has 0 bridgehead atoms. The number of fused-ring (bicyclic) bond motifs is 1. The van der Waals surface area contributed by atoms with Gasteiger partial charge in [0, 0.05) is 43.3 Å². The van der Waals surface area contributed by atoms with Gasteiger partial charge in [0.05, 0.1) is 24.4 Å². The van der Waals surface area contributed by atoms with E-state index in [0.29, 0.717) is 28.0 Å². The van der Waals surface area contributed by atoms with Gasteiger partial charge < -0.3 is 19.9 Å². The molecule has 8 nitrogen and oxygen atoms in total. The maximum absolute atomic E-state index is 12.3. The van der Waals surface area contributed by atoms with Crippen LogP contribution in [0.2, 0.25) is 5.15 Å². The van der Waals surface area contributed by atoms with Crippen LogP contribution in [-0.2, 0) is 0 Å². The number of pyridine rings is 1. The van der Waals surface area contributed by atoms with E-state index in [9.17, 15) is 4.79 Å². The fraction of sp³-hybridized carbons (Fsp3) is 0.316. The van der Waals surface area contributed by atoms with Crippen LogP contribution in [0.5, 0.6) is 5.75 Å². The second kappa shape index (κ2) is 7.65. The number of halogens is 1. The maximum Gasteiger partial charge on any atom is 0.275 e. The second-order valence-corrected chi connectivity index (χ2v) is 7.14. The standard InChI is InChI=1S/C19H21ClN6O2/c1-25-5-7-26(8-6-25)13-3-4-14(15(10-13)28-2)22-18-17-12(9-16(20)23-18)11-21-24-19(17)27/h3-4,9-11H,5-8H2,1-2H3,(H,22,23)(H,24,27). The van der Waals surface area contributed by atoms with Crippen molar-refractivity contribution in [3.63, 3.8) is 0 Å². The summed E-state index contributed by atoms with van der Waals surface area (Å²) < 4.78 is 5.58. The number of anilines is 3. The van der Waals surface area contributed by atoms with Gasteiger partial charge in [0.2, 0.25) is 0 Å². The number of nitrogens with one attached hydrogen (secondary N) is 2. The van der Waals surface area contributed by atoms with Gasteiger partial charge in [-0.15, -0.1) is 0 Å². The summed E-state index contributed by atoms with van der Waals surface area (Å²) in [4.78, 5) is 21.2. The quantitative estimate of drug-likeness (QED) is 0.650. The number of likely N-dealkylation sites (N-methyl/N-ethyl adjacent to an activating group) is 1. The molecule has 1 saturated heterocycles. The molecule has 0 radical (unpaired) electrons. The van der Waals surface area contributed by atoms with E-state index in [4.69, 9.17) is 16.3 Å². The summed E-state index contributed by atoms with van der Waals surface area (Å²) in [6.45, 7) is 3.99. The highest BCUT2D eigenvalue weighted by Crippen LogP contribution is 2.33. The average molecular weight is 401 g/mol. The van der Waals surface area contributed by atoms with Crippen LogP contribution in [0.25, 0.3) is 10.8 Å². The molecule has 3 aromatic rings. The normalized spacial score (nSPS) is 15.0. The van der Waals surface area contributed by atoms with Gasteiger partial charge in [-0.1, -0.05) is 11.6 Å². The first kappa shape index (κ1) is 18.5. The van der Waals surface area contributed by atoms with E-state index in [0.717, 1.165) is 31.9 Å². The summed E-state index contributed by atoms with van der Waals surface area (Å²) in [5, 5.41) is 10.7. The van der Waals surface area contributed by atoms with E-state index < -0.39 is 0 Å². The van der Waals surface area contributed by atoms with Crippen molar-refractivity contribution in [3.8, 4) is 5.75 Å². The number of aromatic nitrogens is 3. The van der Waals surface area contributed by atoms with E-state index >= 15 is 0 Å². The van der Waals surface area contributed by atoms with Crippen molar-refractivity contribution in [2.24, 2.45) is 0 Å². The molecule has 0 unspecified atom stereocenters. The van der Waals surface area contributed by atoms with E-state index in [1.807, 2.05) is 18.2 Å². The Morgan fingerprint density at radius 1 is 1.21 bits per heavy atom. The molecule has 1 aliphatic rings. The molecule has 1 aliphatic heterocycles. The summed E-state index contributed by atoms with van der Waals surface area (Å²) in [7, 11) is 3.75. The van der Waals surface area contributed by atoms with Crippen molar-refractivity contribution in [2.45, 2.75) is 0 Å². The molecule has 4 rings (SSSR count). The maximum atomic E-state index is 12.3. The average Bonchev–Trinajstić information content (AvgIpc) is 2.68. The van der Waals surface area contributed by atoms with E-state index in [2.05, 4.69) is 37.3 Å². The molecule has 0 spiro atoms. The van der Waals surface area contributed by atoms with Gasteiger partial charge in [-0.2, -0.15) is 5.10 Å². The Balaban J connectivity index is 1.69. The van der Waals surface area contributed by atoms with Crippen molar-refractivity contribution in [3.05, 3.63) is 46.0 Å². The highest BCUT2D eigenvalue weighted by molar-refractivity contribution is 6.30. The predicted molar refractivity (Wildman–Crippen MR) is 111 cm³/mol. The molecule has 3 heterocycles. The van der Waals surface area contributed by atoms with E-state index in [1.165, 1.54) is 0 Å². The number of nitrogens with zero attached hydrogens (tertiary/aromatic N) is 4. The topological polar surface area (TPSA) is 86.4 Å². The van der Waals surface area contributed by atoms with Gasteiger partial charge in [-0.25, -0.2) is 10.1 Å². The molecule has 0 saturated carbocycles. The van der Waals surface area contributed by atoms with Crippen LogP contribution < -0.4 is 20.5 Å². The summed E-state index contributed by atoms with van der Waals surface area (Å²) in [5.74, 6) is 1.02. The number of hydrogen-bond acceptors (Lipinski definition) is 7. The van der Waals surface area contributed by atoms with Crippen LogP contribution in [0.3, 0.4) is 0 Å². The summed E-state index contributed by atoms with van der Waals surface area (Å²) in [6.07, 6.45) is 1.54. The van der Waals surface area contributed by atoms with Crippen LogP contribution in [0, 0.1) is 0 Å². The highest BCUT2D eigenvalue weighted by atomic mass is 35.5. The van der Waals surface area contributed by atoms with Gasteiger partial charge in [0.25, 0.3) is 5.56 Å². The predicted octanol–water partition coefficient (Wildman–Crippen LogP) is 2.48. The third-order valence-electron chi connectivity index (χ3n) is 4.92. The highest BCUT2D eigenvalue weighted by Gasteiger charge is 2.17. The van der Waals surface area contributed by atoms with Gasteiger partial charge >= 0.3 is 0 Å². The molecule has 146 valence electrons. The first-order valence-corrected chi connectivity index (χ1v) is 9.35. The lowest BCUT2D eigenvalue weighted by Gasteiger charge is -2.34. The lowest BCUT2D eigenvalue weighted by Crippen LogP contribution is -2.44. The van der Waals surface area contributed by atoms with Crippen molar-refractivity contribution >= 4 is 39.6 Å². The Labute approximate surface area is 167 Å². The van der Waals surface area contributed by atoms with E-state index in [-0.39, 0.29) is 10.7 Å². The fourth-order valence-electron chi connectivity index (χ4n) is 3.35. The third-order valence-corrected chi connectivity index (χ3v) is 5.12. The number of methoxy groups -OCH3 is 1. The number of H-pyrrole nitrogens is 1. The minimum Gasteiger partial charge on any atom is -0.494 e. The number of rotatable bonds is 4. The zero-order chi connectivity index (χ0) is 19.7. The van der Waals surface area contributed by atoms with Crippen molar-refractivity contribution in [1.82, 2.24) is 20.1 Å². The first-order valence-electron chi connectivity index (χ1n) is 8.97. The Morgan fingerprint density at radius 3 is 2.75 bits per heavy atom. The Hall–Kier alpha value is -2.84. The van der Waals surface area contributed by atoms with Crippen molar-refractivity contribution < 1.29 is 4.74 Å². The lowest BCUT2D eigenvalue weighted by molar-refractivity contribution is 0.312. The second-order valence-electron chi connectivity index (χ2n) is 6.76. The van der Waals surface area contributed by atoms with Crippen molar-refractivity contribution in [1.29, 1.82) is 0 Å². The third kappa shape index (κ3) is 3.61. The number of benzene rings is 1. The molecule has 0 atom stereocenters. The number of aromatic amines is 1. The molecular weight excluding hydrogens is 380 g/mol. The van der Waals surface area contributed by atoms with Gasteiger partial charge in [-0.3, -0.25) is 4.79 Å². The minimum atomic E-state index is -0.336. The number of hydrogen-bond donors (Lipinski definition) is 2. The summed E-state index contributed by atoms with van der Waals surface area (Å²) in [5.41, 5.74) is 1.46. The number of piperazine rings is 1. The largest absolute Gasteiger partial charge is 0.494 e. The first-order chi connectivity index (χ1) is 13.5. The molecule has 9 heteroatoms. The van der Waals surface area contributed by atoms with Crippen molar-refractivity contribution in [2.75, 3.05) is 50.6 Å². The zero-order valence-electron chi connectivity index (χ0n) is 15.7. The van der Waals surface area contributed by atoms with Gasteiger partial charge in [0.15, 0.2) is 0 Å². The van der Waals surface area contributed by atoms with Crippen LogP contribution in [0.15, 0.2) is 35.3 Å². The Morgan fingerprint density at radius 2 is 2.00 bits per heavy atom. The molecule has 1 aromatic carbocycles. The lowest BCUT2D eigenvalue weighted by atomic mass is 10.2. The molecule has 28 heavy (non-hydrogen) atoms. The minimum absolute atomic E-state index is 0.274. The molecule has 1 fully saturated rings. The summed E-state index contributed by atoms with van der Waals surface area (Å²) >= 11 is 6.12. The fourth-order valence-corrected chi connectivity index (χ4v) is 3.55. The van der Waals surface area contributed by atoms with Crippen LogP contribution in [0.1, 0.15) is 0 Å². The molecule has 2 aromatic heterocycles. The molecular formula is C19H21ClN6O2. The Kier molecular flexibility index (Phi) is 5.06. The van der Waals surface area contributed by atoms with Crippen LogP contribution in [0.4, 0.5) is 17.2 Å². The monoisotopic (exact) mass is 400 g/mol. The Bertz CT molecular complexity index is 1060. The number of ether oxygens (including phenoxy) is 1.